The lowest BCUT2D eigenvalue weighted by Gasteiger charge is -2.42. The lowest BCUT2D eigenvalue weighted by atomic mass is 9.90. The number of amides is 2. The van der Waals surface area contributed by atoms with Gasteiger partial charge in [-0.2, -0.15) is 0 Å². The molecule has 1 fully saturated rings. The number of piperidine rings is 1. The second-order valence-electron chi connectivity index (χ2n) is 9.27. The molecule has 6 heteroatoms. The molecule has 0 radical (unpaired) electrons. The number of likely N-dealkylation sites (tertiary alicyclic amines) is 1. The van der Waals surface area contributed by atoms with Crippen LogP contribution in [0.2, 0.25) is 0 Å². The number of ether oxygens (including phenoxy) is 2. The van der Waals surface area contributed by atoms with E-state index in [1.165, 1.54) is 5.56 Å². The van der Waals surface area contributed by atoms with Gasteiger partial charge in [0, 0.05) is 32.5 Å². The molecule has 5 rings (SSSR count). The Labute approximate surface area is 206 Å². The zero-order valence-corrected chi connectivity index (χ0v) is 19.8. The molecule has 3 aromatic rings. The normalized spacial score (nSPS) is 16.9. The fourth-order valence-electron chi connectivity index (χ4n) is 4.84. The molecule has 0 N–H and O–H groups in total. The van der Waals surface area contributed by atoms with Crippen molar-refractivity contribution in [1.82, 2.24) is 9.80 Å². The van der Waals surface area contributed by atoms with E-state index in [0.29, 0.717) is 50.3 Å². The summed E-state index contributed by atoms with van der Waals surface area (Å²) in [5, 5.41) is 0. The molecule has 0 saturated carbocycles. The zero-order valence-electron chi connectivity index (χ0n) is 19.8. The van der Waals surface area contributed by atoms with Gasteiger partial charge < -0.3 is 19.3 Å². The number of hydrogen-bond acceptors (Lipinski definition) is 4. The third kappa shape index (κ3) is 5.32. The molecule has 2 aliphatic rings. The summed E-state index contributed by atoms with van der Waals surface area (Å²) in [6, 6.07) is 27.4. The van der Waals surface area contributed by atoms with Crippen LogP contribution in [0.1, 0.15) is 34.3 Å². The zero-order chi connectivity index (χ0) is 24.1. The van der Waals surface area contributed by atoms with E-state index in [1.807, 2.05) is 77.7 Å². The highest BCUT2D eigenvalue weighted by Gasteiger charge is 2.43. The standard InChI is InChI=1S/C29H30N2O4/c32-27-25-13-7-8-14-26(25)35-29(22-31(27)18-15-23-9-3-1-4-10-23)16-19-30(20-17-29)28(33)34-21-24-11-5-2-6-12-24/h1-14H,15-22H2. The second kappa shape index (κ2) is 10.2. The lowest BCUT2D eigenvalue weighted by Crippen LogP contribution is -2.55. The quantitative estimate of drug-likeness (QED) is 0.530. The first-order chi connectivity index (χ1) is 17.1. The van der Waals surface area contributed by atoms with Crippen LogP contribution in [0.5, 0.6) is 5.75 Å². The van der Waals surface area contributed by atoms with Crippen molar-refractivity contribution in [2.24, 2.45) is 0 Å². The van der Waals surface area contributed by atoms with Crippen molar-refractivity contribution in [3.05, 3.63) is 102 Å². The Morgan fingerprint density at radius 1 is 0.857 bits per heavy atom. The van der Waals surface area contributed by atoms with Crippen LogP contribution in [-0.2, 0) is 17.8 Å². The molecule has 2 amide bonds. The highest BCUT2D eigenvalue weighted by Crippen LogP contribution is 2.35. The first kappa shape index (κ1) is 23.0. The maximum atomic E-state index is 13.4. The summed E-state index contributed by atoms with van der Waals surface area (Å²) < 4.78 is 12.1. The van der Waals surface area contributed by atoms with Gasteiger partial charge in [-0.05, 0) is 29.7 Å². The van der Waals surface area contributed by atoms with Crippen LogP contribution in [0.4, 0.5) is 4.79 Å². The molecule has 1 saturated heterocycles. The third-order valence-electron chi connectivity index (χ3n) is 6.86. The summed E-state index contributed by atoms with van der Waals surface area (Å²) in [5.41, 5.74) is 2.23. The van der Waals surface area contributed by atoms with E-state index < -0.39 is 5.60 Å². The number of benzene rings is 3. The fraction of sp³-hybridized carbons (Fsp3) is 0.310. The minimum Gasteiger partial charge on any atom is -0.484 e. The molecule has 0 atom stereocenters. The number of carbonyl (C=O) groups excluding carboxylic acids is 2. The minimum absolute atomic E-state index is 0.00175. The molecular formula is C29H30N2O4. The highest BCUT2D eigenvalue weighted by molar-refractivity contribution is 5.97. The average molecular weight is 471 g/mol. The van der Waals surface area contributed by atoms with E-state index in [-0.39, 0.29) is 18.6 Å². The largest absolute Gasteiger partial charge is 0.484 e. The maximum Gasteiger partial charge on any atom is 0.410 e. The van der Waals surface area contributed by atoms with Crippen LogP contribution in [0, 0.1) is 0 Å². The first-order valence-corrected chi connectivity index (χ1v) is 12.2. The van der Waals surface area contributed by atoms with Gasteiger partial charge in [-0.15, -0.1) is 0 Å². The van der Waals surface area contributed by atoms with Crippen molar-refractivity contribution in [2.45, 2.75) is 31.5 Å². The summed E-state index contributed by atoms with van der Waals surface area (Å²) in [4.78, 5) is 29.8. The van der Waals surface area contributed by atoms with Gasteiger partial charge in [-0.1, -0.05) is 72.8 Å². The Morgan fingerprint density at radius 3 is 2.20 bits per heavy atom. The van der Waals surface area contributed by atoms with Gasteiger partial charge in [0.2, 0.25) is 0 Å². The first-order valence-electron chi connectivity index (χ1n) is 12.2. The van der Waals surface area contributed by atoms with E-state index in [2.05, 4.69) is 12.1 Å². The van der Waals surface area contributed by atoms with Crippen LogP contribution in [0.3, 0.4) is 0 Å². The van der Waals surface area contributed by atoms with Crippen molar-refractivity contribution in [3.63, 3.8) is 0 Å². The Morgan fingerprint density at radius 2 is 1.49 bits per heavy atom. The number of fused-ring (bicyclic) bond motifs is 1. The number of hydrogen-bond donors (Lipinski definition) is 0. The average Bonchev–Trinajstić information content (AvgIpc) is 3.02. The Balaban J connectivity index is 1.27. The smallest absolute Gasteiger partial charge is 0.410 e. The van der Waals surface area contributed by atoms with Crippen LogP contribution in [0.25, 0.3) is 0 Å². The summed E-state index contributed by atoms with van der Waals surface area (Å²) in [7, 11) is 0. The Bertz CT molecular complexity index is 1160. The number of nitrogens with zero attached hydrogens (tertiary/aromatic N) is 2. The molecule has 1 spiro atoms. The van der Waals surface area contributed by atoms with E-state index in [9.17, 15) is 9.59 Å². The van der Waals surface area contributed by atoms with Gasteiger partial charge in [0.05, 0.1) is 12.1 Å². The molecule has 0 unspecified atom stereocenters. The van der Waals surface area contributed by atoms with Crippen LogP contribution >= 0.6 is 0 Å². The molecule has 0 aliphatic carbocycles. The fourth-order valence-corrected chi connectivity index (χ4v) is 4.84. The van der Waals surface area contributed by atoms with Crippen molar-refractivity contribution in [2.75, 3.05) is 26.2 Å². The van der Waals surface area contributed by atoms with E-state index >= 15 is 0 Å². The number of para-hydroxylation sites is 1. The van der Waals surface area contributed by atoms with Crippen molar-refractivity contribution < 1.29 is 19.1 Å². The van der Waals surface area contributed by atoms with Crippen molar-refractivity contribution in [1.29, 1.82) is 0 Å². The topological polar surface area (TPSA) is 59.1 Å². The molecule has 180 valence electrons. The highest BCUT2D eigenvalue weighted by atomic mass is 16.6. The van der Waals surface area contributed by atoms with Gasteiger partial charge >= 0.3 is 6.09 Å². The lowest BCUT2D eigenvalue weighted by molar-refractivity contribution is -0.0157. The van der Waals surface area contributed by atoms with Gasteiger partial charge in [0.1, 0.15) is 18.0 Å². The van der Waals surface area contributed by atoms with Gasteiger partial charge in [-0.25, -0.2) is 4.79 Å². The summed E-state index contributed by atoms with van der Waals surface area (Å²) >= 11 is 0. The van der Waals surface area contributed by atoms with E-state index in [4.69, 9.17) is 9.47 Å². The summed E-state index contributed by atoms with van der Waals surface area (Å²) in [5.74, 6) is 0.623. The van der Waals surface area contributed by atoms with Crippen LogP contribution in [-0.4, -0.2) is 53.6 Å². The minimum atomic E-state index is -0.533. The molecule has 3 aromatic carbocycles. The molecule has 6 nitrogen and oxygen atoms in total. The molecule has 0 aromatic heterocycles. The third-order valence-corrected chi connectivity index (χ3v) is 6.86. The van der Waals surface area contributed by atoms with Gasteiger partial charge in [0.15, 0.2) is 0 Å². The van der Waals surface area contributed by atoms with Crippen molar-refractivity contribution in [3.8, 4) is 5.75 Å². The predicted molar refractivity (Wildman–Crippen MR) is 133 cm³/mol. The number of carbonyl (C=O) groups is 2. The van der Waals surface area contributed by atoms with Gasteiger partial charge in [-0.3, -0.25) is 4.79 Å². The van der Waals surface area contributed by atoms with Gasteiger partial charge in [0.25, 0.3) is 5.91 Å². The Hall–Kier alpha value is -3.80. The maximum absolute atomic E-state index is 13.4. The molecule has 35 heavy (non-hydrogen) atoms. The molecule has 2 aliphatic heterocycles. The van der Waals surface area contributed by atoms with Crippen LogP contribution in [0.15, 0.2) is 84.9 Å². The predicted octanol–water partition coefficient (Wildman–Crippen LogP) is 4.94. The second-order valence-corrected chi connectivity index (χ2v) is 9.27. The van der Waals surface area contributed by atoms with E-state index in [1.54, 1.807) is 4.90 Å². The summed E-state index contributed by atoms with van der Waals surface area (Å²) in [6.07, 6.45) is 1.74. The SMILES string of the molecule is O=C(OCc1ccccc1)N1CCC2(CC1)CN(CCc1ccccc1)C(=O)c1ccccc1O2. The molecule has 0 bridgehead atoms. The van der Waals surface area contributed by atoms with Crippen molar-refractivity contribution >= 4 is 12.0 Å². The Kier molecular flexibility index (Phi) is 6.70. The number of rotatable bonds is 5. The molecule has 2 heterocycles. The molecular weight excluding hydrogens is 440 g/mol. The van der Waals surface area contributed by atoms with Crippen LogP contribution < -0.4 is 4.74 Å². The summed E-state index contributed by atoms with van der Waals surface area (Å²) in [6.45, 7) is 2.42. The van der Waals surface area contributed by atoms with E-state index in [0.717, 1.165) is 12.0 Å². The monoisotopic (exact) mass is 470 g/mol.